The van der Waals surface area contributed by atoms with Crippen LogP contribution in [0.3, 0.4) is 0 Å². The van der Waals surface area contributed by atoms with Crippen molar-refractivity contribution in [3.8, 4) is 10.4 Å². The summed E-state index contributed by atoms with van der Waals surface area (Å²) in [6.45, 7) is 13.3. The number of amides is 3. The number of nitrogens with zero attached hydrogens (tertiary/aromatic N) is 2. The lowest BCUT2D eigenvalue weighted by Gasteiger charge is -2.32. The van der Waals surface area contributed by atoms with Crippen LogP contribution >= 0.6 is 11.3 Å². The highest BCUT2D eigenvalue weighted by molar-refractivity contribution is 7.89. The molecule has 1 saturated heterocycles. The predicted molar refractivity (Wildman–Crippen MR) is 174 cm³/mol. The molecule has 2 heterocycles. The molecule has 3 aromatic rings. The summed E-state index contributed by atoms with van der Waals surface area (Å²) in [6, 6.07) is 14.8. The predicted octanol–water partition coefficient (Wildman–Crippen LogP) is 6.04. The molecule has 3 amide bonds. The van der Waals surface area contributed by atoms with Crippen LogP contribution in [0, 0.1) is 0 Å². The van der Waals surface area contributed by atoms with Crippen molar-refractivity contribution in [1.29, 1.82) is 0 Å². The number of alkyl carbamates (subject to hydrolysis) is 1. The molecule has 1 fully saturated rings. The summed E-state index contributed by atoms with van der Waals surface area (Å²) in [5, 5.41) is 9.56. The van der Waals surface area contributed by atoms with Crippen molar-refractivity contribution in [3.05, 3.63) is 60.3 Å². The van der Waals surface area contributed by atoms with Crippen molar-refractivity contribution in [1.82, 2.24) is 20.3 Å². The number of nitrogens with one attached hydrogen (secondary N) is 4. The van der Waals surface area contributed by atoms with Gasteiger partial charge in [-0.15, -0.1) is 4.72 Å². The van der Waals surface area contributed by atoms with Gasteiger partial charge in [-0.05, 0) is 72.1 Å². The van der Waals surface area contributed by atoms with Crippen molar-refractivity contribution in [2.75, 3.05) is 23.3 Å². The second-order valence-electron chi connectivity index (χ2n) is 12.5. The molecule has 1 aliphatic heterocycles. The first-order valence-electron chi connectivity index (χ1n) is 14.4. The Bertz CT molecular complexity index is 1380. The summed E-state index contributed by atoms with van der Waals surface area (Å²) in [6.07, 6.45) is 2.98. The van der Waals surface area contributed by atoms with Gasteiger partial charge in [-0.2, -0.15) is 0 Å². The summed E-state index contributed by atoms with van der Waals surface area (Å²) in [4.78, 5) is 33.1. The summed E-state index contributed by atoms with van der Waals surface area (Å²) < 4.78 is 22.1. The van der Waals surface area contributed by atoms with Gasteiger partial charge in [0.25, 0.3) is 0 Å². The molecule has 4 N–H and O–H groups in total. The maximum Gasteiger partial charge on any atom is 0.407 e. The summed E-state index contributed by atoms with van der Waals surface area (Å²) in [5.74, 6) is 0. The number of carbonyl (C=O) groups is 2. The molecule has 0 bridgehead atoms. The summed E-state index contributed by atoms with van der Waals surface area (Å²) in [5.41, 5.74) is 1.40. The molecule has 1 aromatic heterocycles. The smallest absolute Gasteiger partial charge is 0.407 e. The highest BCUT2D eigenvalue weighted by Crippen LogP contribution is 2.37. The number of hydrogen-bond acceptors (Lipinski definition) is 8. The maximum atomic E-state index is 13.5. The number of benzene rings is 2. The minimum atomic E-state index is -1.55. The van der Waals surface area contributed by atoms with Gasteiger partial charge in [0.2, 0.25) is 0 Å². The number of aromatic nitrogens is 1. The Labute approximate surface area is 261 Å². The molecule has 2 aromatic carbocycles. The van der Waals surface area contributed by atoms with E-state index in [1.165, 1.54) is 11.3 Å². The Morgan fingerprint density at radius 2 is 1.77 bits per heavy atom. The average molecular weight is 627 g/mol. The van der Waals surface area contributed by atoms with Gasteiger partial charge in [0.1, 0.15) is 5.60 Å². The molecule has 0 aliphatic carbocycles. The zero-order valence-corrected chi connectivity index (χ0v) is 27.3. The molecule has 1 atom stereocenters. The van der Waals surface area contributed by atoms with E-state index < -0.39 is 28.6 Å². The number of anilines is 2. The van der Waals surface area contributed by atoms with Gasteiger partial charge in [0.15, 0.2) is 10.0 Å². The third-order valence-corrected chi connectivity index (χ3v) is 9.01. The molecule has 0 spiro atoms. The first-order valence-corrected chi connectivity index (χ1v) is 16.4. The van der Waals surface area contributed by atoms with Crippen molar-refractivity contribution < 1.29 is 18.9 Å². The third kappa shape index (κ3) is 10.1. The SMILES string of the molecule is CC(C)(C)N[S+]([O-])c1cc(NC(=O)NCc2ccccc2)ccc1-c1cnc(N2CCC(NC(=O)OC(C)(C)C)CC2)s1. The number of rotatable bonds is 8. The van der Waals surface area contributed by atoms with Crippen molar-refractivity contribution in [2.45, 2.75) is 83.0 Å². The number of hydrogen-bond donors (Lipinski definition) is 4. The van der Waals surface area contributed by atoms with Gasteiger partial charge in [-0.3, -0.25) is 0 Å². The molecule has 1 unspecified atom stereocenters. The van der Waals surface area contributed by atoms with E-state index in [1.807, 2.05) is 84.0 Å². The third-order valence-electron chi connectivity index (χ3n) is 6.38. The first-order chi connectivity index (χ1) is 20.3. The minimum Gasteiger partial charge on any atom is -0.593 e. The van der Waals surface area contributed by atoms with Crippen LogP contribution in [0.4, 0.5) is 20.4 Å². The molecule has 232 valence electrons. The van der Waals surface area contributed by atoms with Crippen LogP contribution < -0.4 is 25.6 Å². The fourth-order valence-corrected chi connectivity index (χ4v) is 6.82. The van der Waals surface area contributed by atoms with Crippen LogP contribution in [0.25, 0.3) is 10.4 Å². The molecular formula is C31H42N6O4S2. The van der Waals surface area contributed by atoms with Gasteiger partial charge in [0, 0.05) is 43.6 Å². The van der Waals surface area contributed by atoms with Gasteiger partial charge in [-0.1, -0.05) is 41.7 Å². The number of carbonyl (C=O) groups excluding carboxylic acids is 2. The summed E-state index contributed by atoms with van der Waals surface area (Å²) in [7, 11) is 0. The van der Waals surface area contributed by atoms with Crippen molar-refractivity contribution in [3.63, 3.8) is 0 Å². The molecule has 43 heavy (non-hydrogen) atoms. The fourth-order valence-electron chi connectivity index (χ4n) is 4.47. The fraction of sp³-hybridized carbons (Fsp3) is 0.452. The molecule has 12 heteroatoms. The standard InChI is InChI=1S/C31H42N6O4S2/c1-30(2,3)36-43(40)26-18-23(34-27(38)32-19-21-10-8-7-9-11-21)12-13-24(26)25-20-33-28(42-25)37-16-14-22(15-17-37)35-29(39)41-31(4,5)6/h7-13,18,20,22,36H,14-17,19H2,1-6H3,(H,35,39)(H2,32,34,38). The Morgan fingerprint density at radius 3 is 2.42 bits per heavy atom. The average Bonchev–Trinajstić information content (AvgIpc) is 3.41. The topological polar surface area (TPSA) is 131 Å². The van der Waals surface area contributed by atoms with E-state index in [0.29, 0.717) is 17.1 Å². The van der Waals surface area contributed by atoms with Crippen LogP contribution in [0.5, 0.6) is 0 Å². The van der Waals surface area contributed by atoms with Crippen molar-refractivity contribution in [2.24, 2.45) is 0 Å². The number of urea groups is 1. The van der Waals surface area contributed by atoms with Crippen LogP contribution in [-0.2, 0) is 22.6 Å². The Hall–Kier alpha value is -3.32. The van der Waals surface area contributed by atoms with Gasteiger partial charge in [-0.25, -0.2) is 14.6 Å². The Kier molecular flexibility index (Phi) is 10.6. The van der Waals surface area contributed by atoms with Crippen LogP contribution in [0.15, 0.2) is 59.6 Å². The van der Waals surface area contributed by atoms with Gasteiger partial charge >= 0.3 is 12.1 Å². The number of ether oxygens (including phenoxy) is 1. The number of thiazole rings is 1. The molecule has 0 radical (unpaired) electrons. The lowest BCUT2D eigenvalue weighted by molar-refractivity contribution is 0.0497. The van der Waals surface area contributed by atoms with E-state index in [4.69, 9.17) is 4.74 Å². The molecule has 0 saturated carbocycles. The van der Waals surface area contributed by atoms with E-state index >= 15 is 0 Å². The highest BCUT2D eigenvalue weighted by Gasteiger charge is 2.28. The highest BCUT2D eigenvalue weighted by atomic mass is 32.2. The van der Waals surface area contributed by atoms with E-state index in [-0.39, 0.29) is 12.1 Å². The monoisotopic (exact) mass is 626 g/mol. The molecule has 4 rings (SSSR count). The van der Waals surface area contributed by atoms with E-state index in [2.05, 4.69) is 30.6 Å². The zero-order chi connectivity index (χ0) is 31.2. The molecule has 1 aliphatic rings. The quantitative estimate of drug-likeness (QED) is 0.224. The van der Waals surface area contributed by atoms with Gasteiger partial charge < -0.3 is 30.1 Å². The van der Waals surface area contributed by atoms with E-state index in [9.17, 15) is 14.1 Å². The van der Waals surface area contributed by atoms with E-state index in [1.54, 1.807) is 12.3 Å². The first kappa shape index (κ1) is 32.6. The maximum absolute atomic E-state index is 13.5. The normalized spacial score (nSPS) is 15.1. The van der Waals surface area contributed by atoms with Crippen LogP contribution in [0.1, 0.15) is 59.9 Å². The Balaban J connectivity index is 1.45. The van der Waals surface area contributed by atoms with Crippen LogP contribution in [-0.4, -0.2) is 51.9 Å². The van der Waals surface area contributed by atoms with Crippen molar-refractivity contribution >= 4 is 45.6 Å². The van der Waals surface area contributed by atoms with Crippen LogP contribution in [0.2, 0.25) is 0 Å². The Morgan fingerprint density at radius 1 is 1.07 bits per heavy atom. The minimum absolute atomic E-state index is 0.0490. The zero-order valence-electron chi connectivity index (χ0n) is 25.7. The molecule has 10 nitrogen and oxygen atoms in total. The summed E-state index contributed by atoms with van der Waals surface area (Å²) >= 11 is -0.0141. The lowest BCUT2D eigenvalue weighted by atomic mass is 10.1. The molecular weight excluding hydrogens is 585 g/mol. The second-order valence-corrected chi connectivity index (χ2v) is 14.7. The largest absolute Gasteiger partial charge is 0.593 e. The van der Waals surface area contributed by atoms with E-state index in [0.717, 1.165) is 47.1 Å². The lowest BCUT2D eigenvalue weighted by Crippen LogP contribution is -2.46. The number of piperidine rings is 1. The van der Waals surface area contributed by atoms with Gasteiger partial charge in [0.05, 0.1) is 27.3 Å². The second kappa shape index (κ2) is 14.0.